The second-order valence-corrected chi connectivity index (χ2v) is 7.76. The molecule has 1 aliphatic rings. The van der Waals surface area contributed by atoms with Crippen molar-refractivity contribution >= 4 is 27.8 Å². The van der Waals surface area contributed by atoms with Gasteiger partial charge in [0.2, 0.25) is 5.78 Å². The molecule has 3 rings (SSSR count). The summed E-state index contributed by atoms with van der Waals surface area (Å²) in [5.74, 6) is 0.744. The largest absolute Gasteiger partial charge is 0.497 e. The maximum Gasteiger partial charge on any atom is 0.208 e. The number of hydrogen-bond donors (Lipinski definition) is 1. The molecule has 0 spiro atoms. The van der Waals surface area contributed by atoms with Gasteiger partial charge in [-0.15, -0.1) is 11.3 Å². The van der Waals surface area contributed by atoms with Crippen LogP contribution >= 0.6 is 11.3 Å². The predicted octanol–water partition coefficient (Wildman–Crippen LogP) is 3.68. The quantitative estimate of drug-likeness (QED) is 0.691. The van der Waals surface area contributed by atoms with Gasteiger partial charge >= 0.3 is 0 Å². The van der Waals surface area contributed by atoms with Crippen LogP contribution in [0.2, 0.25) is 0 Å². The lowest BCUT2D eigenvalue weighted by Crippen LogP contribution is -2.45. The Balaban J connectivity index is 2.03. The molecule has 1 aromatic heterocycles. The van der Waals surface area contributed by atoms with E-state index in [1.165, 1.54) is 24.9 Å². The summed E-state index contributed by atoms with van der Waals surface area (Å²) in [6.07, 6.45) is 3.45. The van der Waals surface area contributed by atoms with Crippen LogP contribution in [0.15, 0.2) is 18.2 Å². The molecule has 1 aliphatic heterocycles. The van der Waals surface area contributed by atoms with E-state index in [2.05, 4.69) is 16.1 Å². The molecule has 7 nitrogen and oxygen atoms in total. The van der Waals surface area contributed by atoms with Gasteiger partial charge in [-0.1, -0.05) is 6.42 Å². The summed E-state index contributed by atoms with van der Waals surface area (Å²) in [4.78, 5) is 13.6. The van der Waals surface area contributed by atoms with E-state index in [1.54, 1.807) is 25.3 Å². The predicted molar refractivity (Wildman–Crippen MR) is 115 cm³/mol. The zero-order chi connectivity index (χ0) is 21.0. The smallest absolute Gasteiger partial charge is 0.208 e. The van der Waals surface area contributed by atoms with Gasteiger partial charge in [0.05, 0.1) is 25.5 Å². The summed E-state index contributed by atoms with van der Waals surface area (Å²) < 4.78 is 10.6. The molecule has 0 saturated carbocycles. The van der Waals surface area contributed by atoms with Gasteiger partial charge in [-0.2, -0.15) is 5.26 Å². The number of anilines is 2. The number of hydrogen-bond acceptors (Lipinski definition) is 8. The average molecular weight is 415 g/mol. The topological polar surface area (TPSA) is 91.8 Å². The first-order valence-electron chi connectivity index (χ1n) is 9.67. The fourth-order valence-corrected chi connectivity index (χ4v) is 4.80. The van der Waals surface area contributed by atoms with Crippen molar-refractivity contribution < 1.29 is 14.3 Å². The fraction of sp³-hybridized carbons (Fsp3) is 0.429. The number of nitrogens with zero attached hydrogens (tertiary/aromatic N) is 3. The number of nitrogens with two attached hydrogens (primary N) is 1. The number of piperidine rings is 1. The minimum atomic E-state index is -0.260. The van der Waals surface area contributed by atoms with E-state index in [0.717, 1.165) is 30.9 Å². The lowest BCUT2D eigenvalue weighted by molar-refractivity contribution is 0.104. The second kappa shape index (κ2) is 9.16. The van der Waals surface area contributed by atoms with Crippen molar-refractivity contribution in [3.63, 3.8) is 0 Å². The monoisotopic (exact) mass is 414 g/mol. The molecular formula is C21H26N4O3S. The Kier molecular flexibility index (Phi) is 6.62. The maximum absolute atomic E-state index is 13.3. The highest BCUT2D eigenvalue weighted by molar-refractivity contribution is 7.19. The van der Waals surface area contributed by atoms with Gasteiger partial charge in [0.25, 0.3) is 0 Å². The van der Waals surface area contributed by atoms with Gasteiger partial charge in [0.15, 0.2) is 0 Å². The summed E-state index contributed by atoms with van der Waals surface area (Å²) in [5.41, 5.74) is 7.25. The SMILES string of the molecule is CCN(c1sc(C(=O)c2ccc(OC)cc2OC)c(N)c1C#N)N1CCCCC1. The highest BCUT2D eigenvalue weighted by atomic mass is 32.1. The van der Waals surface area contributed by atoms with Crippen LogP contribution in [0.25, 0.3) is 0 Å². The lowest BCUT2D eigenvalue weighted by Gasteiger charge is -2.37. The van der Waals surface area contributed by atoms with E-state index < -0.39 is 0 Å². The van der Waals surface area contributed by atoms with Gasteiger partial charge in [0.1, 0.15) is 33.0 Å². The van der Waals surface area contributed by atoms with E-state index in [1.807, 2.05) is 6.92 Å². The van der Waals surface area contributed by atoms with E-state index in [4.69, 9.17) is 15.2 Å². The number of hydrazine groups is 1. The molecule has 0 atom stereocenters. The second-order valence-electron chi connectivity index (χ2n) is 6.76. The number of nitriles is 1. The number of benzene rings is 1. The molecule has 0 bridgehead atoms. The minimum absolute atomic E-state index is 0.228. The molecular weight excluding hydrogens is 388 g/mol. The van der Waals surface area contributed by atoms with Crippen LogP contribution in [0.4, 0.5) is 10.7 Å². The Morgan fingerprint density at radius 2 is 2.00 bits per heavy atom. The summed E-state index contributed by atoms with van der Waals surface area (Å²) >= 11 is 1.27. The molecule has 1 aromatic carbocycles. The number of nitrogen functional groups attached to an aromatic ring is 1. The van der Waals surface area contributed by atoms with Crippen LogP contribution in [0.1, 0.15) is 47.0 Å². The van der Waals surface area contributed by atoms with Crippen molar-refractivity contribution in [3.05, 3.63) is 34.2 Å². The van der Waals surface area contributed by atoms with Crippen molar-refractivity contribution in [3.8, 4) is 17.6 Å². The number of ketones is 1. The Labute approximate surface area is 175 Å². The Morgan fingerprint density at radius 1 is 1.28 bits per heavy atom. The number of rotatable bonds is 7. The van der Waals surface area contributed by atoms with Gasteiger partial charge in [0, 0.05) is 25.7 Å². The molecule has 0 radical (unpaired) electrons. The van der Waals surface area contributed by atoms with Crippen molar-refractivity contribution in [1.82, 2.24) is 5.01 Å². The number of ether oxygens (including phenoxy) is 2. The van der Waals surface area contributed by atoms with Crippen LogP contribution < -0.4 is 20.2 Å². The summed E-state index contributed by atoms with van der Waals surface area (Å²) in [6.45, 7) is 4.62. The summed E-state index contributed by atoms with van der Waals surface area (Å²) in [7, 11) is 3.06. The van der Waals surface area contributed by atoms with Crippen LogP contribution in [-0.2, 0) is 0 Å². The molecule has 2 N–H and O–H groups in total. The van der Waals surface area contributed by atoms with Crippen LogP contribution in [0, 0.1) is 11.3 Å². The third kappa shape index (κ3) is 4.02. The molecule has 2 heterocycles. The third-order valence-corrected chi connectivity index (χ3v) is 6.32. The van der Waals surface area contributed by atoms with E-state index in [9.17, 15) is 10.1 Å². The molecule has 2 aromatic rings. The molecule has 0 amide bonds. The zero-order valence-corrected chi connectivity index (χ0v) is 17.8. The average Bonchev–Trinajstić information content (AvgIpc) is 3.09. The van der Waals surface area contributed by atoms with Gasteiger partial charge in [-0.25, -0.2) is 5.01 Å². The third-order valence-electron chi connectivity index (χ3n) is 5.11. The van der Waals surface area contributed by atoms with Crippen LogP contribution in [0.5, 0.6) is 11.5 Å². The highest BCUT2D eigenvalue weighted by Gasteiger charge is 2.29. The Morgan fingerprint density at radius 3 is 2.59 bits per heavy atom. The first-order valence-corrected chi connectivity index (χ1v) is 10.5. The first kappa shape index (κ1) is 21.0. The van der Waals surface area contributed by atoms with E-state index >= 15 is 0 Å². The number of methoxy groups -OCH3 is 2. The maximum atomic E-state index is 13.3. The molecule has 0 unspecified atom stereocenters. The molecule has 1 saturated heterocycles. The van der Waals surface area contributed by atoms with Crippen molar-refractivity contribution in [2.45, 2.75) is 26.2 Å². The minimum Gasteiger partial charge on any atom is -0.497 e. The lowest BCUT2D eigenvalue weighted by atomic mass is 10.1. The molecule has 1 fully saturated rings. The molecule has 29 heavy (non-hydrogen) atoms. The number of carbonyl (C=O) groups excluding carboxylic acids is 1. The Hall–Kier alpha value is -2.76. The van der Waals surface area contributed by atoms with Gasteiger partial charge < -0.3 is 15.2 Å². The Bertz CT molecular complexity index is 929. The van der Waals surface area contributed by atoms with Crippen LogP contribution in [-0.4, -0.2) is 44.6 Å². The van der Waals surface area contributed by atoms with Gasteiger partial charge in [-0.3, -0.25) is 9.80 Å². The van der Waals surface area contributed by atoms with Crippen molar-refractivity contribution in [1.29, 1.82) is 5.26 Å². The van der Waals surface area contributed by atoms with E-state index in [0.29, 0.717) is 34.0 Å². The first-order chi connectivity index (χ1) is 14.0. The molecule has 0 aliphatic carbocycles. The molecule has 8 heteroatoms. The van der Waals surface area contributed by atoms with Crippen LogP contribution in [0.3, 0.4) is 0 Å². The molecule has 154 valence electrons. The fourth-order valence-electron chi connectivity index (χ4n) is 3.59. The normalized spacial score (nSPS) is 14.3. The van der Waals surface area contributed by atoms with E-state index in [-0.39, 0.29) is 11.5 Å². The summed E-state index contributed by atoms with van der Waals surface area (Å²) in [6, 6.07) is 7.23. The van der Waals surface area contributed by atoms with Crippen molar-refractivity contribution in [2.75, 3.05) is 44.6 Å². The number of thiophene rings is 1. The summed E-state index contributed by atoms with van der Waals surface area (Å²) in [5, 5.41) is 14.8. The highest BCUT2D eigenvalue weighted by Crippen LogP contribution is 2.41. The standard InChI is InChI=1S/C21H26N4O3S/c1-4-25(24-10-6-5-7-11-24)21-16(13-22)18(23)20(29-21)19(26)15-9-8-14(27-2)12-17(15)28-3/h8-9,12H,4-7,10-11,23H2,1-3H3. The van der Waals surface area contributed by atoms with Crippen molar-refractivity contribution in [2.24, 2.45) is 0 Å². The zero-order valence-electron chi connectivity index (χ0n) is 17.0. The van der Waals surface area contributed by atoms with Gasteiger partial charge in [-0.05, 0) is 31.9 Å². The number of carbonyl (C=O) groups is 1.